The number of rotatable bonds is 5. The standard InChI is InChI=1S/C19H26N4O/c1-13(2)17-11-18(21-15-5-4-10-20-12-15)23-19(22-17)14-6-8-16(24-3)9-7-14/h6-9,11,13,15,20H,4-5,10,12H2,1-3H3,(H,21,22,23). The number of hydrogen-bond acceptors (Lipinski definition) is 5. The lowest BCUT2D eigenvalue weighted by Gasteiger charge is -2.24. The molecule has 0 spiro atoms. The molecule has 0 radical (unpaired) electrons. The van der Waals surface area contributed by atoms with Crippen molar-refractivity contribution in [2.45, 2.75) is 38.6 Å². The van der Waals surface area contributed by atoms with Gasteiger partial charge in [-0.25, -0.2) is 9.97 Å². The minimum Gasteiger partial charge on any atom is -0.497 e. The Hall–Kier alpha value is -2.14. The van der Waals surface area contributed by atoms with Crippen LogP contribution in [0.5, 0.6) is 5.75 Å². The highest BCUT2D eigenvalue weighted by Crippen LogP contribution is 2.24. The van der Waals surface area contributed by atoms with E-state index in [4.69, 9.17) is 14.7 Å². The smallest absolute Gasteiger partial charge is 0.161 e. The van der Waals surface area contributed by atoms with E-state index in [1.54, 1.807) is 7.11 Å². The molecular formula is C19H26N4O. The molecule has 5 nitrogen and oxygen atoms in total. The van der Waals surface area contributed by atoms with Gasteiger partial charge in [0.05, 0.1) is 7.11 Å². The van der Waals surface area contributed by atoms with Crippen molar-refractivity contribution in [1.29, 1.82) is 0 Å². The van der Waals surface area contributed by atoms with E-state index in [0.717, 1.165) is 41.7 Å². The second-order valence-corrected chi connectivity index (χ2v) is 6.57. The zero-order valence-electron chi connectivity index (χ0n) is 14.7. The van der Waals surface area contributed by atoms with Gasteiger partial charge in [-0.15, -0.1) is 0 Å². The SMILES string of the molecule is COc1ccc(-c2nc(NC3CCCNC3)cc(C(C)C)n2)cc1. The van der Waals surface area contributed by atoms with Crippen molar-refractivity contribution >= 4 is 5.82 Å². The summed E-state index contributed by atoms with van der Waals surface area (Å²) >= 11 is 0. The number of piperidine rings is 1. The number of nitrogens with zero attached hydrogens (tertiary/aromatic N) is 2. The summed E-state index contributed by atoms with van der Waals surface area (Å²) in [6.07, 6.45) is 2.37. The van der Waals surface area contributed by atoms with E-state index in [0.29, 0.717) is 12.0 Å². The second-order valence-electron chi connectivity index (χ2n) is 6.57. The van der Waals surface area contributed by atoms with Crippen LogP contribution >= 0.6 is 0 Å². The molecule has 1 aromatic heterocycles. The van der Waals surface area contributed by atoms with E-state index in [-0.39, 0.29) is 0 Å². The summed E-state index contributed by atoms with van der Waals surface area (Å²) in [5, 5.41) is 7.00. The van der Waals surface area contributed by atoms with Crippen molar-refractivity contribution in [3.05, 3.63) is 36.0 Å². The molecule has 128 valence electrons. The summed E-state index contributed by atoms with van der Waals surface area (Å²) in [7, 11) is 1.67. The van der Waals surface area contributed by atoms with Crippen LogP contribution in [-0.2, 0) is 0 Å². The van der Waals surface area contributed by atoms with Crippen molar-refractivity contribution in [2.24, 2.45) is 0 Å². The molecule has 1 fully saturated rings. The monoisotopic (exact) mass is 326 g/mol. The molecule has 1 atom stereocenters. The van der Waals surface area contributed by atoms with Gasteiger partial charge in [-0.2, -0.15) is 0 Å². The predicted molar refractivity (Wildman–Crippen MR) is 97.6 cm³/mol. The number of nitrogens with one attached hydrogen (secondary N) is 2. The van der Waals surface area contributed by atoms with Crippen LogP contribution in [0.1, 0.15) is 38.3 Å². The van der Waals surface area contributed by atoms with Gasteiger partial charge in [-0.3, -0.25) is 0 Å². The normalized spacial score (nSPS) is 17.8. The fraction of sp³-hybridized carbons (Fsp3) is 0.474. The Kier molecular flexibility index (Phi) is 5.30. The van der Waals surface area contributed by atoms with Crippen molar-refractivity contribution in [3.8, 4) is 17.1 Å². The quantitative estimate of drug-likeness (QED) is 0.881. The summed E-state index contributed by atoms with van der Waals surface area (Å²) in [5.74, 6) is 2.86. The van der Waals surface area contributed by atoms with Crippen molar-refractivity contribution < 1.29 is 4.74 Å². The zero-order valence-corrected chi connectivity index (χ0v) is 14.7. The average Bonchev–Trinajstić information content (AvgIpc) is 2.62. The van der Waals surface area contributed by atoms with Crippen LogP contribution in [-0.4, -0.2) is 36.2 Å². The first-order valence-corrected chi connectivity index (χ1v) is 8.66. The Morgan fingerprint density at radius 1 is 1.21 bits per heavy atom. The molecule has 1 saturated heterocycles. The summed E-state index contributed by atoms with van der Waals surface area (Å²) in [5.41, 5.74) is 2.06. The number of anilines is 1. The highest BCUT2D eigenvalue weighted by Gasteiger charge is 2.15. The molecule has 0 bridgehead atoms. The molecular weight excluding hydrogens is 300 g/mol. The Bertz CT molecular complexity index is 664. The third kappa shape index (κ3) is 4.03. The van der Waals surface area contributed by atoms with Crippen LogP contribution in [0.4, 0.5) is 5.82 Å². The molecule has 1 unspecified atom stereocenters. The Morgan fingerprint density at radius 3 is 2.62 bits per heavy atom. The molecule has 1 aromatic carbocycles. The summed E-state index contributed by atoms with van der Waals surface area (Å²) in [6, 6.07) is 10.4. The maximum atomic E-state index is 5.23. The van der Waals surface area contributed by atoms with Crippen LogP contribution < -0.4 is 15.4 Å². The fourth-order valence-electron chi connectivity index (χ4n) is 2.89. The molecule has 3 rings (SSSR count). The summed E-state index contributed by atoms with van der Waals surface area (Å²) < 4.78 is 5.23. The molecule has 2 N–H and O–H groups in total. The van der Waals surface area contributed by atoms with Crippen molar-refractivity contribution in [3.63, 3.8) is 0 Å². The van der Waals surface area contributed by atoms with Crippen LogP contribution in [0.15, 0.2) is 30.3 Å². The topological polar surface area (TPSA) is 59.1 Å². The number of hydrogen-bond donors (Lipinski definition) is 2. The van der Waals surface area contributed by atoms with E-state index in [9.17, 15) is 0 Å². The summed E-state index contributed by atoms with van der Waals surface area (Å²) in [6.45, 7) is 6.41. The van der Waals surface area contributed by atoms with Gasteiger partial charge in [-0.1, -0.05) is 13.8 Å². The van der Waals surface area contributed by atoms with Gasteiger partial charge in [0.25, 0.3) is 0 Å². The Morgan fingerprint density at radius 2 is 2.00 bits per heavy atom. The van der Waals surface area contributed by atoms with Crippen LogP contribution in [0.2, 0.25) is 0 Å². The lowest BCUT2D eigenvalue weighted by atomic mass is 10.1. The van der Waals surface area contributed by atoms with Crippen molar-refractivity contribution in [2.75, 3.05) is 25.5 Å². The van der Waals surface area contributed by atoms with E-state index in [1.165, 1.54) is 12.8 Å². The number of aromatic nitrogens is 2. The van der Waals surface area contributed by atoms with Crippen LogP contribution in [0, 0.1) is 0 Å². The lowest BCUT2D eigenvalue weighted by Crippen LogP contribution is -2.38. The number of ether oxygens (including phenoxy) is 1. The largest absolute Gasteiger partial charge is 0.497 e. The fourth-order valence-corrected chi connectivity index (χ4v) is 2.89. The zero-order chi connectivity index (χ0) is 16.9. The molecule has 0 amide bonds. The first kappa shape index (κ1) is 16.7. The minimum atomic E-state index is 0.357. The first-order valence-electron chi connectivity index (χ1n) is 8.66. The highest BCUT2D eigenvalue weighted by atomic mass is 16.5. The molecule has 5 heteroatoms. The average molecular weight is 326 g/mol. The third-order valence-corrected chi connectivity index (χ3v) is 4.33. The number of benzene rings is 1. The number of methoxy groups -OCH3 is 1. The van der Waals surface area contributed by atoms with Gasteiger partial charge < -0.3 is 15.4 Å². The molecule has 1 aliphatic rings. The Labute approximate surface area is 143 Å². The minimum absolute atomic E-state index is 0.357. The van der Waals surface area contributed by atoms with Gasteiger partial charge in [0, 0.05) is 29.9 Å². The second kappa shape index (κ2) is 7.62. The van der Waals surface area contributed by atoms with Gasteiger partial charge in [0.15, 0.2) is 5.82 Å². The van der Waals surface area contributed by atoms with Gasteiger partial charge in [0.2, 0.25) is 0 Å². The van der Waals surface area contributed by atoms with Gasteiger partial charge in [0.1, 0.15) is 11.6 Å². The van der Waals surface area contributed by atoms with Gasteiger partial charge in [-0.05, 0) is 49.6 Å². The lowest BCUT2D eigenvalue weighted by molar-refractivity contribution is 0.415. The Balaban J connectivity index is 1.89. The van der Waals surface area contributed by atoms with Gasteiger partial charge >= 0.3 is 0 Å². The molecule has 0 aliphatic carbocycles. The molecule has 2 heterocycles. The van der Waals surface area contributed by atoms with E-state index < -0.39 is 0 Å². The van der Waals surface area contributed by atoms with Crippen LogP contribution in [0.25, 0.3) is 11.4 Å². The van der Waals surface area contributed by atoms with E-state index in [1.807, 2.05) is 24.3 Å². The first-order chi connectivity index (χ1) is 11.7. The maximum absolute atomic E-state index is 5.23. The van der Waals surface area contributed by atoms with Crippen molar-refractivity contribution in [1.82, 2.24) is 15.3 Å². The third-order valence-electron chi connectivity index (χ3n) is 4.33. The van der Waals surface area contributed by atoms with E-state index in [2.05, 4.69) is 30.5 Å². The molecule has 0 saturated carbocycles. The van der Waals surface area contributed by atoms with Crippen LogP contribution in [0.3, 0.4) is 0 Å². The van der Waals surface area contributed by atoms with E-state index >= 15 is 0 Å². The molecule has 2 aromatic rings. The predicted octanol–water partition coefficient (Wildman–Crippen LogP) is 3.44. The maximum Gasteiger partial charge on any atom is 0.161 e. The summed E-state index contributed by atoms with van der Waals surface area (Å²) in [4.78, 5) is 9.49. The molecule has 24 heavy (non-hydrogen) atoms. The highest BCUT2D eigenvalue weighted by molar-refractivity contribution is 5.59. The molecule has 1 aliphatic heterocycles.